The molecule has 2 aromatic rings. The molecule has 1 amide bonds. The summed E-state index contributed by atoms with van der Waals surface area (Å²) in [7, 11) is 0. The van der Waals surface area contributed by atoms with Gasteiger partial charge in [-0.1, -0.05) is 26.8 Å². The van der Waals surface area contributed by atoms with Gasteiger partial charge in [0.1, 0.15) is 5.82 Å². The number of fused-ring (bicyclic) bond motifs is 1. The normalized spacial score (nSPS) is 16.4. The third kappa shape index (κ3) is 3.55. The van der Waals surface area contributed by atoms with E-state index >= 15 is 0 Å². The number of likely N-dealkylation sites (N-methyl/N-ethyl adjacent to an activating group) is 1. The maximum atomic E-state index is 12.5. The number of amides is 1. The van der Waals surface area contributed by atoms with Gasteiger partial charge in [0, 0.05) is 32.1 Å². The topological polar surface area (TPSA) is 52.2 Å². The van der Waals surface area contributed by atoms with Crippen LogP contribution in [0.15, 0.2) is 18.2 Å². The van der Waals surface area contributed by atoms with E-state index in [-0.39, 0.29) is 5.91 Å². The molecule has 1 aromatic carbocycles. The highest BCUT2D eigenvalue weighted by Crippen LogP contribution is 2.19. The number of carbonyl (C=O) groups is 1. The molecule has 0 unspecified atom stereocenters. The van der Waals surface area contributed by atoms with Crippen LogP contribution in [0.2, 0.25) is 0 Å². The van der Waals surface area contributed by atoms with Crippen molar-refractivity contribution >= 4 is 16.9 Å². The van der Waals surface area contributed by atoms with Crippen molar-refractivity contribution in [2.45, 2.75) is 33.1 Å². The first kappa shape index (κ1) is 16.0. The molecule has 5 heteroatoms. The minimum absolute atomic E-state index is 0.226. The van der Waals surface area contributed by atoms with E-state index < -0.39 is 0 Å². The van der Waals surface area contributed by atoms with Gasteiger partial charge >= 0.3 is 0 Å². The number of imidazole rings is 1. The second-order valence-corrected chi connectivity index (χ2v) is 6.62. The molecule has 1 aromatic heterocycles. The molecule has 0 radical (unpaired) electrons. The second kappa shape index (κ2) is 6.71. The molecule has 124 valence electrons. The zero-order chi connectivity index (χ0) is 16.4. The summed E-state index contributed by atoms with van der Waals surface area (Å²) in [6, 6.07) is 6.09. The minimum atomic E-state index is 0.226. The number of carbonyl (C=O) groups excluding carboxylic acids is 1. The number of aromatic amines is 1. The van der Waals surface area contributed by atoms with Gasteiger partial charge in [-0.3, -0.25) is 4.79 Å². The maximum absolute atomic E-state index is 12.5. The van der Waals surface area contributed by atoms with E-state index in [2.05, 4.69) is 41.7 Å². The van der Waals surface area contributed by atoms with Gasteiger partial charge < -0.3 is 14.8 Å². The van der Waals surface area contributed by atoms with Crippen LogP contribution in [0.5, 0.6) is 0 Å². The SMILES string of the molecule is CCN1CCN(C(=O)Cc2ccc3nc(C(C)C)[nH]c3c2)CC1. The fraction of sp³-hybridized carbons (Fsp3) is 0.556. The predicted molar refractivity (Wildman–Crippen MR) is 92.6 cm³/mol. The highest BCUT2D eigenvalue weighted by atomic mass is 16.2. The summed E-state index contributed by atoms with van der Waals surface area (Å²) < 4.78 is 0. The van der Waals surface area contributed by atoms with Gasteiger partial charge in [0.2, 0.25) is 5.91 Å². The molecule has 0 atom stereocenters. The summed E-state index contributed by atoms with van der Waals surface area (Å²) in [5, 5.41) is 0. The quantitative estimate of drug-likeness (QED) is 0.943. The van der Waals surface area contributed by atoms with Crippen molar-refractivity contribution in [3.63, 3.8) is 0 Å². The molecule has 0 aliphatic carbocycles. The Morgan fingerprint density at radius 2 is 2.00 bits per heavy atom. The third-order valence-electron chi connectivity index (χ3n) is 4.64. The Morgan fingerprint density at radius 3 is 2.65 bits per heavy atom. The molecular formula is C18H26N4O. The zero-order valence-electron chi connectivity index (χ0n) is 14.3. The average molecular weight is 314 g/mol. The van der Waals surface area contributed by atoms with Crippen molar-refractivity contribution in [1.82, 2.24) is 19.8 Å². The van der Waals surface area contributed by atoms with Gasteiger partial charge in [0.15, 0.2) is 0 Å². The summed E-state index contributed by atoms with van der Waals surface area (Å²) in [5.74, 6) is 1.60. The van der Waals surface area contributed by atoms with Gasteiger partial charge in [0.25, 0.3) is 0 Å². The predicted octanol–water partition coefficient (Wildman–Crippen LogP) is 2.39. The molecule has 1 aliphatic rings. The van der Waals surface area contributed by atoms with E-state index in [0.717, 1.165) is 55.1 Å². The van der Waals surface area contributed by atoms with Crippen LogP contribution in [0, 0.1) is 0 Å². The molecule has 3 rings (SSSR count). The average Bonchev–Trinajstić information content (AvgIpc) is 2.98. The lowest BCUT2D eigenvalue weighted by Gasteiger charge is -2.34. The first-order valence-corrected chi connectivity index (χ1v) is 8.55. The van der Waals surface area contributed by atoms with E-state index in [4.69, 9.17) is 0 Å². The molecule has 0 saturated carbocycles. The Balaban J connectivity index is 1.67. The molecule has 0 spiro atoms. The lowest BCUT2D eigenvalue weighted by Crippen LogP contribution is -2.48. The molecule has 5 nitrogen and oxygen atoms in total. The Bertz CT molecular complexity index is 683. The smallest absolute Gasteiger partial charge is 0.227 e. The van der Waals surface area contributed by atoms with Crippen molar-refractivity contribution in [3.8, 4) is 0 Å². The maximum Gasteiger partial charge on any atom is 0.227 e. The van der Waals surface area contributed by atoms with E-state index in [0.29, 0.717) is 12.3 Å². The standard InChI is InChI=1S/C18H26N4O/c1-4-21-7-9-22(10-8-21)17(23)12-14-5-6-15-16(11-14)20-18(19-15)13(2)3/h5-6,11,13H,4,7-10,12H2,1-3H3,(H,19,20). The number of hydrogen-bond acceptors (Lipinski definition) is 3. The number of benzene rings is 1. The number of H-pyrrole nitrogens is 1. The van der Waals surface area contributed by atoms with E-state index in [1.54, 1.807) is 0 Å². The van der Waals surface area contributed by atoms with Gasteiger partial charge in [-0.2, -0.15) is 0 Å². The minimum Gasteiger partial charge on any atom is -0.342 e. The second-order valence-electron chi connectivity index (χ2n) is 6.62. The monoisotopic (exact) mass is 314 g/mol. The highest BCUT2D eigenvalue weighted by Gasteiger charge is 2.20. The van der Waals surface area contributed by atoms with Crippen molar-refractivity contribution in [2.75, 3.05) is 32.7 Å². The largest absolute Gasteiger partial charge is 0.342 e. The van der Waals surface area contributed by atoms with Crippen molar-refractivity contribution in [3.05, 3.63) is 29.6 Å². The summed E-state index contributed by atoms with van der Waals surface area (Å²) in [6.45, 7) is 11.1. The molecule has 1 saturated heterocycles. The molecule has 0 bridgehead atoms. The molecule has 2 heterocycles. The highest BCUT2D eigenvalue weighted by molar-refractivity contribution is 5.82. The summed E-state index contributed by atoms with van der Waals surface area (Å²) in [5.41, 5.74) is 3.05. The number of hydrogen-bond donors (Lipinski definition) is 1. The third-order valence-corrected chi connectivity index (χ3v) is 4.64. The Hall–Kier alpha value is -1.88. The van der Waals surface area contributed by atoms with Gasteiger partial charge in [-0.15, -0.1) is 0 Å². The van der Waals surface area contributed by atoms with E-state index in [1.807, 2.05) is 17.0 Å². The zero-order valence-corrected chi connectivity index (χ0v) is 14.3. The molecule has 1 fully saturated rings. The first-order valence-electron chi connectivity index (χ1n) is 8.55. The molecule has 1 aliphatic heterocycles. The van der Waals surface area contributed by atoms with Crippen LogP contribution >= 0.6 is 0 Å². The summed E-state index contributed by atoms with van der Waals surface area (Å²) in [4.78, 5) is 24.8. The van der Waals surface area contributed by atoms with Crippen LogP contribution in [0.1, 0.15) is 38.1 Å². The van der Waals surface area contributed by atoms with Crippen LogP contribution in [0.4, 0.5) is 0 Å². The van der Waals surface area contributed by atoms with Gasteiger partial charge in [-0.05, 0) is 24.2 Å². The first-order chi connectivity index (χ1) is 11.1. The van der Waals surface area contributed by atoms with Crippen molar-refractivity contribution in [1.29, 1.82) is 0 Å². The van der Waals surface area contributed by atoms with Crippen molar-refractivity contribution < 1.29 is 4.79 Å². The lowest BCUT2D eigenvalue weighted by molar-refractivity contribution is -0.132. The number of nitrogens with zero attached hydrogens (tertiary/aromatic N) is 3. The fourth-order valence-corrected chi connectivity index (χ4v) is 3.06. The van der Waals surface area contributed by atoms with Crippen LogP contribution < -0.4 is 0 Å². The van der Waals surface area contributed by atoms with Gasteiger partial charge in [-0.25, -0.2) is 4.98 Å². The lowest BCUT2D eigenvalue weighted by atomic mass is 10.1. The van der Waals surface area contributed by atoms with Crippen LogP contribution in [-0.4, -0.2) is 58.4 Å². The summed E-state index contributed by atoms with van der Waals surface area (Å²) >= 11 is 0. The van der Waals surface area contributed by atoms with Crippen LogP contribution in [-0.2, 0) is 11.2 Å². The number of nitrogens with one attached hydrogen (secondary N) is 1. The molecule has 23 heavy (non-hydrogen) atoms. The number of rotatable bonds is 4. The Kier molecular flexibility index (Phi) is 4.66. The number of aromatic nitrogens is 2. The van der Waals surface area contributed by atoms with Crippen molar-refractivity contribution in [2.24, 2.45) is 0 Å². The van der Waals surface area contributed by atoms with Crippen LogP contribution in [0.3, 0.4) is 0 Å². The van der Waals surface area contributed by atoms with Crippen LogP contribution in [0.25, 0.3) is 11.0 Å². The van der Waals surface area contributed by atoms with E-state index in [1.165, 1.54) is 0 Å². The molecule has 1 N–H and O–H groups in total. The fourth-order valence-electron chi connectivity index (χ4n) is 3.06. The van der Waals surface area contributed by atoms with Gasteiger partial charge in [0.05, 0.1) is 17.5 Å². The Labute approximate surface area is 137 Å². The van der Waals surface area contributed by atoms with E-state index in [9.17, 15) is 4.79 Å². The molecular weight excluding hydrogens is 288 g/mol. The summed E-state index contributed by atoms with van der Waals surface area (Å²) in [6.07, 6.45) is 0.470. The Morgan fingerprint density at radius 1 is 1.26 bits per heavy atom. The number of piperazine rings is 1.